The second kappa shape index (κ2) is 5.61. The van der Waals surface area contributed by atoms with Gasteiger partial charge in [0.1, 0.15) is 0 Å². The summed E-state index contributed by atoms with van der Waals surface area (Å²) < 4.78 is 3.74. The quantitative estimate of drug-likeness (QED) is 0.643. The number of carbonyl (C=O) groups excluding carboxylic acids is 2. The van der Waals surface area contributed by atoms with Crippen LogP contribution in [0.15, 0.2) is 53.4 Å². The third-order valence-corrected chi connectivity index (χ3v) is 5.22. The van der Waals surface area contributed by atoms with Crippen LogP contribution >= 0.6 is 11.8 Å². The summed E-state index contributed by atoms with van der Waals surface area (Å²) >= 11 is 1.28. The van der Waals surface area contributed by atoms with Gasteiger partial charge in [-0.1, -0.05) is 47.7 Å². The van der Waals surface area contributed by atoms with Crippen molar-refractivity contribution in [2.75, 3.05) is 7.11 Å². The largest absolute Gasteiger partial charge is 0.468 e. The summed E-state index contributed by atoms with van der Waals surface area (Å²) in [7, 11) is 1.33. The molecule has 0 N–H and O–H groups in total. The average molecular weight is 312 g/mol. The number of fused-ring (bicyclic) bond motifs is 1. The van der Waals surface area contributed by atoms with E-state index in [1.54, 1.807) is 0 Å². The highest BCUT2D eigenvalue weighted by atomic mass is 32.2. The molecule has 0 radical (unpaired) electrons. The Morgan fingerprint density at radius 2 is 1.91 bits per heavy atom. The molecule has 0 aliphatic heterocycles. The van der Waals surface area contributed by atoms with Crippen LogP contribution in [-0.2, 0) is 16.0 Å². The number of Topliss-reactive ketones (excluding diaryl/α,β-unsaturated/α-hetero) is 1. The van der Waals surface area contributed by atoms with E-state index in [1.807, 2.05) is 55.5 Å². The van der Waals surface area contributed by atoms with Gasteiger partial charge < -0.3 is 4.74 Å². The summed E-state index contributed by atoms with van der Waals surface area (Å²) in [6, 6.07) is 15.2. The number of hydrogen-bond donors (Lipinski definition) is 0. The standard InChI is InChI=1S/C18H16O3S/c1-12-8-9-13-11-18(17(20)21-2,16(19)15(13)10-12)22-14-6-4-3-5-7-14/h3-10H,11H2,1-2H3/t18-/m0/s1. The maximum absolute atomic E-state index is 13.0. The molecule has 3 nitrogen and oxygen atoms in total. The van der Waals surface area contributed by atoms with Crippen molar-refractivity contribution < 1.29 is 14.3 Å². The van der Waals surface area contributed by atoms with Gasteiger partial charge in [0, 0.05) is 16.9 Å². The van der Waals surface area contributed by atoms with Gasteiger partial charge in [0.2, 0.25) is 0 Å². The number of rotatable bonds is 3. The van der Waals surface area contributed by atoms with Crippen molar-refractivity contribution in [3.8, 4) is 0 Å². The molecule has 1 aliphatic carbocycles. The molecule has 0 heterocycles. The number of thioether (sulfide) groups is 1. The van der Waals surface area contributed by atoms with Gasteiger partial charge in [-0.05, 0) is 30.7 Å². The Morgan fingerprint density at radius 1 is 1.18 bits per heavy atom. The molecule has 2 aromatic rings. The van der Waals surface area contributed by atoms with E-state index >= 15 is 0 Å². The Labute approximate surface area is 133 Å². The first kappa shape index (κ1) is 14.9. The summed E-state index contributed by atoms with van der Waals surface area (Å²) in [6.07, 6.45) is 0.369. The minimum atomic E-state index is -1.22. The first-order valence-corrected chi connectivity index (χ1v) is 7.85. The number of benzene rings is 2. The van der Waals surface area contributed by atoms with Crippen LogP contribution in [0.4, 0.5) is 0 Å². The van der Waals surface area contributed by atoms with Gasteiger partial charge in [-0.3, -0.25) is 9.59 Å². The predicted octanol–water partition coefficient (Wildman–Crippen LogP) is 3.44. The number of aryl methyl sites for hydroxylation is 1. The van der Waals surface area contributed by atoms with Gasteiger partial charge in [-0.2, -0.15) is 0 Å². The van der Waals surface area contributed by atoms with Crippen LogP contribution in [-0.4, -0.2) is 23.6 Å². The molecule has 2 aromatic carbocycles. The Hall–Kier alpha value is -2.07. The lowest BCUT2D eigenvalue weighted by molar-refractivity contribution is -0.141. The molecule has 0 aromatic heterocycles. The summed E-state index contributed by atoms with van der Waals surface area (Å²) in [5.41, 5.74) is 2.55. The van der Waals surface area contributed by atoms with Crippen LogP contribution in [0.1, 0.15) is 21.5 Å². The van der Waals surface area contributed by atoms with Crippen molar-refractivity contribution in [3.05, 3.63) is 65.2 Å². The van der Waals surface area contributed by atoms with E-state index in [0.717, 1.165) is 16.0 Å². The van der Waals surface area contributed by atoms with Gasteiger partial charge >= 0.3 is 5.97 Å². The van der Waals surface area contributed by atoms with Crippen LogP contribution < -0.4 is 0 Å². The molecule has 4 heteroatoms. The van der Waals surface area contributed by atoms with Crippen molar-refractivity contribution in [3.63, 3.8) is 0 Å². The van der Waals surface area contributed by atoms with E-state index < -0.39 is 10.7 Å². The summed E-state index contributed by atoms with van der Waals surface area (Å²) in [5.74, 6) is -0.646. The van der Waals surface area contributed by atoms with E-state index in [0.29, 0.717) is 12.0 Å². The van der Waals surface area contributed by atoms with Gasteiger partial charge in [0.15, 0.2) is 10.5 Å². The summed E-state index contributed by atoms with van der Waals surface area (Å²) in [5, 5.41) is 0. The molecule has 0 bridgehead atoms. The van der Waals surface area contributed by atoms with Gasteiger partial charge in [0.05, 0.1) is 7.11 Å². The molecule has 22 heavy (non-hydrogen) atoms. The molecule has 0 saturated heterocycles. The van der Waals surface area contributed by atoms with E-state index in [1.165, 1.54) is 18.9 Å². The zero-order chi connectivity index (χ0) is 15.7. The van der Waals surface area contributed by atoms with E-state index in [-0.39, 0.29) is 5.78 Å². The smallest absolute Gasteiger partial charge is 0.330 e. The average Bonchev–Trinajstić information content (AvgIpc) is 2.81. The summed E-state index contributed by atoms with van der Waals surface area (Å²) in [4.78, 5) is 26.3. The second-order valence-electron chi connectivity index (χ2n) is 5.40. The minimum Gasteiger partial charge on any atom is -0.468 e. The van der Waals surface area contributed by atoms with E-state index in [4.69, 9.17) is 4.74 Å². The number of hydrogen-bond acceptors (Lipinski definition) is 4. The minimum absolute atomic E-state index is 0.160. The van der Waals surface area contributed by atoms with Gasteiger partial charge in [-0.25, -0.2) is 0 Å². The fourth-order valence-corrected chi connectivity index (χ4v) is 4.06. The first-order valence-electron chi connectivity index (χ1n) is 7.03. The van der Waals surface area contributed by atoms with Crippen LogP contribution in [0.3, 0.4) is 0 Å². The normalized spacial score (nSPS) is 19.8. The maximum Gasteiger partial charge on any atom is 0.330 e. The topological polar surface area (TPSA) is 43.4 Å². The van der Waals surface area contributed by atoms with Crippen molar-refractivity contribution in [1.29, 1.82) is 0 Å². The predicted molar refractivity (Wildman–Crippen MR) is 86.3 cm³/mol. The molecular formula is C18H16O3S. The Bertz CT molecular complexity index is 739. The van der Waals surface area contributed by atoms with Crippen molar-refractivity contribution in [2.45, 2.75) is 23.0 Å². The van der Waals surface area contributed by atoms with Crippen molar-refractivity contribution >= 4 is 23.5 Å². The Morgan fingerprint density at radius 3 is 2.59 bits per heavy atom. The summed E-state index contributed by atoms with van der Waals surface area (Å²) in [6.45, 7) is 1.94. The number of ketones is 1. The molecular weight excluding hydrogens is 296 g/mol. The van der Waals surface area contributed by atoms with Crippen LogP contribution in [0, 0.1) is 6.92 Å². The molecule has 3 rings (SSSR count). The van der Waals surface area contributed by atoms with Crippen LogP contribution in [0.25, 0.3) is 0 Å². The molecule has 0 spiro atoms. The fourth-order valence-electron chi connectivity index (χ4n) is 2.77. The molecule has 0 unspecified atom stereocenters. The Kier molecular flexibility index (Phi) is 3.79. The Balaban J connectivity index is 2.06. The maximum atomic E-state index is 13.0. The van der Waals surface area contributed by atoms with Gasteiger partial charge in [0.25, 0.3) is 0 Å². The lowest BCUT2D eigenvalue weighted by atomic mass is 10.0. The number of carbonyl (C=O) groups is 2. The molecule has 0 fully saturated rings. The van der Waals surface area contributed by atoms with Gasteiger partial charge in [-0.15, -0.1) is 0 Å². The molecule has 112 valence electrons. The molecule has 1 atom stereocenters. The molecule has 0 amide bonds. The second-order valence-corrected chi connectivity index (χ2v) is 6.77. The van der Waals surface area contributed by atoms with Crippen LogP contribution in [0.2, 0.25) is 0 Å². The third-order valence-electron chi connectivity index (χ3n) is 3.87. The van der Waals surface area contributed by atoms with E-state index in [9.17, 15) is 9.59 Å². The number of methoxy groups -OCH3 is 1. The molecule has 0 saturated carbocycles. The van der Waals surface area contributed by atoms with E-state index in [2.05, 4.69) is 0 Å². The zero-order valence-corrected chi connectivity index (χ0v) is 13.3. The highest BCUT2D eigenvalue weighted by Gasteiger charge is 2.53. The fraction of sp³-hybridized carbons (Fsp3) is 0.222. The SMILES string of the molecule is COC(=O)[C@]1(Sc2ccccc2)Cc2ccc(C)cc2C1=O. The lowest BCUT2D eigenvalue weighted by Crippen LogP contribution is -2.42. The lowest BCUT2D eigenvalue weighted by Gasteiger charge is -2.23. The third kappa shape index (κ3) is 2.33. The van der Waals surface area contributed by atoms with Crippen molar-refractivity contribution in [1.82, 2.24) is 0 Å². The number of ether oxygens (including phenoxy) is 1. The highest BCUT2D eigenvalue weighted by Crippen LogP contribution is 2.44. The first-order chi connectivity index (χ1) is 10.6. The van der Waals surface area contributed by atoms with Crippen molar-refractivity contribution in [2.24, 2.45) is 0 Å². The highest BCUT2D eigenvalue weighted by molar-refractivity contribution is 8.02. The number of esters is 1. The monoisotopic (exact) mass is 312 g/mol. The van der Waals surface area contributed by atoms with Crippen LogP contribution in [0.5, 0.6) is 0 Å². The zero-order valence-electron chi connectivity index (χ0n) is 12.5. The molecule has 1 aliphatic rings.